The normalized spacial score (nSPS) is 17.1. The van der Waals surface area contributed by atoms with Gasteiger partial charge in [0, 0.05) is 38.4 Å². The largest absolute Gasteiger partial charge is 0.333 e. The molecule has 2 unspecified atom stereocenters. The number of carbonyl (C=O) groups is 1. The quantitative estimate of drug-likeness (QED) is 0.641. The molecule has 2 atom stereocenters. The lowest BCUT2D eigenvalue weighted by atomic mass is 9.88. The molecule has 4 nitrogen and oxygen atoms in total. The van der Waals surface area contributed by atoms with Crippen molar-refractivity contribution in [3.05, 3.63) is 102 Å². The van der Waals surface area contributed by atoms with Gasteiger partial charge >= 0.3 is 0 Å². The first-order valence-electron chi connectivity index (χ1n) is 10.3. The molecule has 1 fully saturated rings. The van der Waals surface area contributed by atoms with Crippen molar-refractivity contribution in [1.29, 1.82) is 0 Å². The van der Waals surface area contributed by atoms with Crippen LogP contribution in [0.3, 0.4) is 0 Å². The monoisotopic (exact) mass is 421 g/mol. The number of carbonyl (C=O) groups excluding carboxylic acids is 1. The summed E-state index contributed by atoms with van der Waals surface area (Å²) in [7, 11) is 0. The molecule has 0 saturated carbocycles. The minimum Gasteiger partial charge on any atom is -0.333 e. The molecule has 1 aromatic heterocycles. The Morgan fingerprint density at radius 2 is 1.77 bits per heavy atom. The van der Waals surface area contributed by atoms with Gasteiger partial charge in [0.15, 0.2) is 0 Å². The van der Waals surface area contributed by atoms with E-state index >= 15 is 0 Å². The molecule has 0 aliphatic carbocycles. The summed E-state index contributed by atoms with van der Waals surface area (Å²) >= 11 is 0. The number of rotatable bonds is 6. The van der Waals surface area contributed by atoms with Crippen molar-refractivity contribution in [2.45, 2.75) is 24.8 Å². The molecule has 1 amide bonds. The second-order valence-electron chi connectivity index (χ2n) is 7.59. The zero-order valence-corrected chi connectivity index (χ0v) is 17.8. The minimum atomic E-state index is 0. The third kappa shape index (κ3) is 5.47. The molecular formula is C25H28ClN3O. The fourth-order valence-corrected chi connectivity index (χ4v) is 4.13. The number of hydrogen-bond donors (Lipinski definition) is 1. The van der Waals surface area contributed by atoms with Crippen molar-refractivity contribution in [2.75, 3.05) is 19.6 Å². The summed E-state index contributed by atoms with van der Waals surface area (Å²) in [6.07, 6.45) is 5.02. The highest BCUT2D eigenvalue weighted by molar-refractivity contribution is 5.85. The molecule has 4 rings (SSSR count). The number of hydrogen-bond acceptors (Lipinski definition) is 3. The van der Waals surface area contributed by atoms with E-state index in [0.717, 1.165) is 31.6 Å². The molecule has 0 bridgehead atoms. The minimum absolute atomic E-state index is 0. The van der Waals surface area contributed by atoms with E-state index in [1.54, 1.807) is 6.20 Å². The van der Waals surface area contributed by atoms with Crippen molar-refractivity contribution < 1.29 is 4.79 Å². The predicted octanol–water partition coefficient (Wildman–Crippen LogP) is 4.39. The number of nitrogens with one attached hydrogen (secondary N) is 1. The Morgan fingerprint density at radius 3 is 2.47 bits per heavy atom. The van der Waals surface area contributed by atoms with E-state index in [9.17, 15) is 4.79 Å². The Labute approximate surface area is 184 Å². The average Bonchev–Trinajstić information content (AvgIpc) is 2.80. The maximum atomic E-state index is 13.4. The third-order valence-corrected chi connectivity index (χ3v) is 5.65. The number of amides is 1. The van der Waals surface area contributed by atoms with Gasteiger partial charge in [-0.2, -0.15) is 0 Å². The topological polar surface area (TPSA) is 45.2 Å². The van der Waals surface area contributed by atoms with Crippen molar-refractivity contribution >= 4 is 18.3 Å². The summed E-state index contributed by atoms with van der Waals surface area (Å²) in [5.74, 6) is 0.376. The van der Waals surface area contributed by atoms with Crippen LogP contribution in [-0.2, 0) is 11.2 Å². The summed E-state index contributed by atoms with van der Waals surface area (Å²) in [5.41, 5.74) is 3.57. The van der Waals surface area contributed by atoms with E-state index < -0.39 is 0 Å². The predicted molar refractivity (Wildman–Crippen MR) is 123 cm³/mol. The van der Waals surface area contributed by atoms with E-state index in [1.165, 1.54) is 11.1 Å². The van der Waals surface area contributed by atoms with Crippen LogP contribution in [0.2, 0.25) is 0 Å². The van der Waals surface area contributed by atoms with Crippen LogP contribution in [0.1, 0.15) is 35.1 Å². The molecule has 1 aliphatic rings. The maximum absolute atomic E-state index is 13.4. The van der Waals surface area contributed by atoms with E-state index in [0.29, 0.717) is 6.42 Å². The molecule has 2 aromatic carbocycles. The molecule has 0 spiro atoms. The maximum Gasteiger partial charge on any atom is 0.223 e. The van der Waals surface area contributed by atoms with Crippen LogP contribution in [0.15, 0.2) is 85.2 Å². The summed E-state index contributed by atoms with van der Waals surface area (Å²) in [6, 6.07) is 24.9. The first-order chi connectivity index (χ1) is 14.3. The van der Waals surface area contributed by atoms with E-state index in [1.807, 2.05) is 29.3 Å². The van der Waals surface area contributed by atoms with Gasteiger partial charge in [0.1, 0.15) is 0 Å². The van der Waals surface area contributed by atoms with Gasteiger partial charge in [-0.25, -0.2) is 0 Å². The number of halogens is 1. The Morgan fingerprint density at radius 1 is 1.03 bits per heavy atom. The van der Waals surface area contributed by atoms with Crippen LogP contribution in [-0.4, -0.2) is 35.4 Å². The van der Waals surface area contributed by atoms with E-state index in [4.69, 9.17) is 0 Å². The van der Waals surface area contributed by atoms with Gasteiger partial charge in [0.25, 0.3) is 0 Å². The number of benzene rings is 2. The fourth-order valence-electron chi connectivity index (χ4n) is 4.13. The van der Waals surface area contributed by atoms with Crippen LogP contribution in [0, 0.1) is 0 Å². The molecule has 156 valence electrons. The van der Waals surface area contributed by atoms with E-state index in [-0.39, 0.29) is 30.3 Å². The zero-order chi connectivity index (χ0) is 19.9. The molecule has 1 aliphatic heterocycles. The number of piperazine rings is 1. The van der Waals surface area contributed by atoms with Gasteiger partial charge in [0.2, 0.25) is 5.91 Å². The third-order valence-electron chi connectivity index (χ3n) is 5.65. The van der Waals surface area contributed by atoms with Crippen molar-refractivity contribution in [3.63, 3.8) is 0 Å². The van der Waals surface area contributed by atoms with Gasteiger partial charge in [-0.05, 0) is 35.1 Å². The smallest absolute Gasteiger partial charge is 0.223 e. The van der Waals surface area contributed by atoms with E-state index in [2.05, 4.69) is 64.9 Å². The first kappa shape index (κ1) is 22.0. The van der Waals surface area contributed by atoms with Crippen LogP contribution in [0.4, 0.5) is 0 Å². The summed E-state index contributed by atoms with van der Waals surface area (Å²) in [5, 5.41) is 3.42. The van der Waals surface area contributed by atoms with Crippen molar-refractivity contribution in [2.24, 2.45) is 0 Å². The van der Waals surface area contributed by atoms with Crippen molar-refractivity contribution in [3.8, 4) is 0 Å². The second-order valence-corrected chi connectivity index (χ2v) is 7.59. The average molecular weight is 422 g/mol. The highest BCUT2D eigenvalue weighted by atomic mass is 35.5. The van der Waals surface area contributed by atoms with Gasteiger partial charge in [-0.1, -0.05) is 66.7 Å². The van der Waals surface area contributed by atoms with Gasteiger partial charge in [-0.3, -0.25) is 9.78 Å². The number of aromatic nitrogens is 1. The Balaban J connectivity index is 0.00000256. The Kier molecular flexibility index (Phi) is 8.00. The van der Waals surface area contributed by atoms with Crippen LogP contribution in [0.5, 0.6) is 0 Å². The summed E-state index contributed by atoms with van der Waals surface area (Å²) in [4.78, 5) is 19.7. The SMILES string of the molecule is Cl.O=C(CC(Cc1ccccc1)c1ccccc1)N1CCNCC1c1cccnc1. The van der Waals surface area contributed by atoms with Crippen LogP contribution in [0.25, 0.3) is 0 Å². The summed E-state index contributed by atoms with van der Waals surface area (Å²) < 4.78 is 0. The lowest BCUT2D eigenvalue weighted by molar-refractivity contribution is -0.135. The highest BCUT2D eigenvalue weighted by Gasteiger charge is 2.29. The van der Waals surface area contributed by atoms with Gasteiger partial charge in [-0.15, -0.1) is 12.4 Å². The molecule has 1 saturated heterocycles. The molecule has 3 aromatic rings. The molecular weight excluding hydrogens is 394 g/mol. The molecule has 30 heavy (non-hydrogen) atoms. The molecule has 5 heteroatoms. The Bertz CT molecular complexity index is 905. The number of nitrogens with zero attached hydrogens (tertiary/aromatic N) is 2. The van der Waals surface area contributed by atoms with Crippen molar-refractivity contribution in [1.82, 2.24) is 15.2 Å². The fraction of sp³-hybridized carbons (Fsp3) is 0.280. The lowest BCUT2D eigenvalue weighted by Gasteiger charge is -2.37. The number of pyridine rings is 1. The van der Waals surface area contributed by atoms with Crippen LogP contribution < -0.4 is 5.32 Å². The molecule has 2 heterocycles. The first-order valence-corrected chi connectivity index (χ1v) is 10.3. The lowest BCUT2D eigenvalue weighted by Crippen LogP contribution is -2.49. The zero-order valence-electron chi connectivity index (χ0n) is 17.0. The highest BCUT2D eigenvalue weighted by Crippen LogP contribution is 2.28. The summed E-state index contributed by atoms with van der Waals surface area (Å²) in [6.45, 7) is 2.33. The van der Waals surface area contributed by atoms with Gasteiger partial charge in [0.05, 0.1) is 6.04 Å². The standard InChI is InChI=1S/C25H27N3O.ClH/c29-25(28-15-14-27-19-24(28)22-12-7-13-26-18-22)17-23(21-10-5-2-6-11-21)16-20-8-3-1-4-9-20;/h1-13,18,23-24,27H,14-17,19H2;1H. The Hall–Kier alpha value is -2.69. The molecule has 1 N–H and O–H groups in total. The molecule has 0 radical (unpaired) electrons. The second kappa shape index (κ2) is 10.9. The van der Waals surface area contributed by atoms with Gasteiger partial charge < -0.3 is 10.2 Å². The van der Waals surface area contributed by atoms with Crippen LogP contribution >= 0.6 is 12.4 Å².